The number of hydrogen-bond acceptors (Lipinski definition) is 4. The molecule has 0 aromatic carbocycles. The van der Waals surface area contributed by atoms with Crippen LogP contribution >= 0.6 is 0 Å². The van der Waals surface area contributed by atoms with Crippen LogP contribution in [0.2, 0.25) is 0 Å². The van der Waals surface area contributed by atoms with Crippen molar-refractivity contribution in [2.24, 2.45) is 0 Å². The first-order valence-electron chi connectivity index (χ1n) is 7.38. The van der Waals surface area contributed by atoms with Gasteiger partial charge in [-0.1, -0.05) is 39.0 Å². The fourth-order valence-electron chi connectivity index (χ4n) is 1.53. The molecule has 19 heavy (non-hydrogen) atoms. The molecule has 98 valence electrons. The molecule has 0 aromatic heterocycles. The van der Waals surface area contributed by atoms with E-state index in [1.165, 1.54) is 0 Å². The van der Waals surface area contributed by atoms with E-state index < -0.39 is 29.9 Å². The van der Waals surface area contributed by atoms with Crippen LogP contribution in [0.5, 0.6) is 0 Å². The fourth-order valence-corrected chi connectivity index (χ4v) is 1.53. The van der Waals surface area contributed by atoms with Crippen LogP contribution in [-0.2, 0) is 9.59 Å². The Kier molecular flexibility index (Phi) is 14.1. The molecule has 0 rings (SSSR count). The van der Waals surface area contributed by atoms with Gasteiger partial charge in [-0.3, -0.25) is 0 Å². The van der Waals surface area contributed by atoms with Crippen molar-refractivity contribution in [2.75, 3.05) is 0 Å². The molecule has 0 fully saturated rings. The van der Waals surface area contributed by atoms with Gasteiger partial charge in [-0.15, -0.1) is 0 Å². The molecule has 0 unspecified atom stereocenters. The van der Waals surface area contributed by atoms with Crippen LogP contribution in [0.15, 0.2) is 11.1 Å². The van der Waals surface area contributed by atoms with Gasteiger partial charge in [-0.05, 0) is 30.8 Å². The van der Waals surface area contributed by atoms with Crippen molar-refractivity contribution in [3.05, 3.63) is 11.1 Å². The summed E-state index contributed by atoms with van der Waals surface area (Å²) >= 11 is 0. The van der Waals surface area contributed by atoms with Crippen LogP contribution in [0, 0.1) is 0 Å². The summed E-state index contributed by atoms with van der Waals surface area (Å²) in [6.07, 6.45) is 5.10. The molecular formula is C13H20Na2O4. The third-order valence-corrected chi connectivity index (χ3v) is 2.53. The van der Waals surface area contributed by atoms with Crippen molar-refractivity contribution in [2.45, 2.75) is 58.7 Å². The second kappa shape index (κ2) is 15.1. The molecule has 0 aromatic rings. The van der Waals surface area contributed by atoms with Crippen molar-refractivity contribution in [3.8, 4) is 0 Å². The monoisotopic (exact) mass is 289 g/mol. The van der Waals surface area contributed by atoms with Crippen LogP contribution in [-0.4, -0.2) is 11.9 Å². The zero-order valence-corrected chi connectivity index (χ0v) is 16.1. The molecular weight excluding hydrogens is 266 g/mol. The standard InChI is InChI=1S/C13H22O4.2Na/c1-3-4-5-6-7-8-9-11(13(16)17)10(2)12(14)15;;/h3-9H2,1-2H3,(H,14,15)(H,16,17);;/q;2*+1/p-2/b11-10-;;/i2D3;;. The predicted molar refractivity (Wildman–Crippen MR) is 60.7 cm³/mol. The van der Waals surface area contributed by atoms with Gasteiger partial charge in [0.05, 0.1) is 11.9 Å². The Bertz CT molecular complexity index is 382. The van der Waals surface area contributed by atoms with E-state index in [4.69, 9.17) is 4.11 Å². The molecule has 0 radical (unpaired) electrons. The normalized spacial score (nSPS) is 13.8. The predicted octanol–water partition coefficient (Wildman–Crippen LogP) is -5.44. The molecule has 0 atom stereocenters. The van der Waals surface area contributed by atoms with Gasteiger partial charge in [0.1, 0.15) is 0 Å². The Labute approximate surface area is 163 Å². The molecule has 0 heterocycles. The number of rotatable bonds is 9. The van der Waals surface area contributed by atoms with Crippen LogP contribution in [0.1, 0.15) is 62.8 Å². The van der Waals surface area contributed by atoms with Gasteiger partial charge in [0, 0.05) is 4.11 Å². The first-order valence-corrected chi connectivity index (χ1v) is 5.88. The van der Waals surface area contributed by atoms with Gasteiger partial charge >= 0.3 is 59.1 Å². The number of carboxylic acid groups (broad SMARTS) is 2. The maximum absolute atomic E-state index is 10.9. The maximum Gasteiger partial charge on any atom is 1.00 e. The van der Waals surface area contributed by atoms with E-state index in [9.17, 15) is 19.8 Å². The second-order valence-corrected chi connectivity index (χ2v) is 3.95. The third kappa shape index (κ3) is 12.2. The summed E-state index contributed by atoms with van der Waals surface area (Å²) in [7, 11) is 0. The van der Waals surface area contributed by atoms with Crippen molar-refractivity contribution in [3.63, 3.8) is 0 Å². The van der Waals surface area contributed by atoms with Gasteiger partial charge in [0.25, 0.3) is 0 Å². The topological polar surface area (TPSA) is 80.3 Å². The summed E-state index contributed by atoms with van der Waals surface area (Å²) in [4.78, 5) is 21.8. The Morgan fingerprint density at radius 1 is 0.947 bits per heavy atom. The summed E-state index contributed by atoms with van der Waals surface area (Å²) < 4.78 is 21.2. The summed E-state index contributed by atoms with van der Waals surface area (Å²) in [6.45, 7) is -0.949. The van der Waals surface area contributed by atoms with E-state index in [2.05, 4.69) is 6.92 Å². The maximum atomic E-state index is 10.9. The van der Waals surface area contributed by atoms with Crippen molar-refractivity contribution in [1.82, 2.24) is 0 Å². The zero-order chi connectivity index (χ0) is 15.8. The number of carbonyl (C=O) groups excluding carboxylic acids is 2. The zero-order valence-electron chi connectivity index (χ0n) is 15.1. The van der Waals surface area contributed by atoms with Crippen molar-refractivity contribution < 1.29 is 83.0 Å². The summed E-state index contributed by atoms with van der Waals surface area (Å²) in [5.74, 6) is -3.73. The molecule has 0 saturated carbocycles. The van der Waals surface area contributed by atoms with Crippen LogP contribution < -0.4 is 69.3 Å². The minimum absolute atomic E-state index is 0. The number of aliphatic carboxylic acids is 2. The number of carboxylic acids is 2. The molecule has 0 spiro atoms. The van der Waals surface area contributed by atoms with Crippen LogP contribution in [0.25, 0.3) is 0 Å². The molecule has 0 saturated heterocycles. The van der Waals surface area contributed by atoms with Gasteiger partial charge < -0.3 is 19.8 Å². The number of carbonyl (C=O) groups is 2. The van der Waals surface area contributed by atoms with E-state index in [1.807, 2.05) is 0 Å². The Morgan fingerprint density at radius 3 is 1.89 bits per heavy atom. The molecule has 0 amide bonds. The van der Waals surface area contributed by atoms with E-state index in [0.29, 0.717) is 6.42 Å². The molecule has 0 aliphatic rings. The fraction of sp³-hybridized carbons (Fsp3) is 0.692. The van der Waals surface area contributed by atoms with Crippen molar-refractivity contribution >= 4 is 11.9 Å². The summed E-state index contributed by atoms with van der Waals surface area (Å²) in [6, 6.07) is 0. The van der Waals surface area contributed by atoms with Gasteiger partial charge in [0.2, 0.25) is 0 Å². The minimum Gasteiger partial charge on any atom is -0.545 e. The molecule has 4 nitrogen and oxygen atoms in total. The average Bonchev–Trinajstić information content (AvgIpc) is 2.29. The van der Waals surface area contributed by atoms with E-state index in [-0.39, 0.29) is 65.5 Å². The van der Waals surface area contributed by atoms with Crippen LogP contribution in [0.3, 0.4) is 0 Å². The van der Waals surface area contributed by atoms with Gasteiger partial charge in [0.15, 0.2) is 0 Å². The quantitative estimate of drug-likeness (QED) is 0.241. The number of hydrogen-bond donors (Lipinski definition) is 0. The molecule has 6 heteroatoms. The van der Waals surface area contributed by atoms with Crippen LogP contribution in [0.4, 0.5) is 0 Å². The molecule has 0 aliphatic carbocycles. The Morgan fingerprint density at radius 2 is 1.47 bits per heavy atom. The third-order valence-electron chi connectivity index (χ3n) is 2.53. The average molecular weight is 289 g/mol. The largest absolute Gasteiger partial charge is 1.00 e. The molecule has 0 N–H and O–H groups in total. The SMILES string of the molecule is [2H]C([2H])([2H])/C(C(=O)[O-])=C(\CCCCCCCC)C(=O)[O-].[Na+].[Na+]. The van der Waals surface area contributed by atoms with E-state index >= 15 is 0 Å². The Balaban J connectivity index is -0.00000180. The second-order valence-electron chi connectivity index (χ2n) is 3.95. The Hall–Kier alpha value is 0.680. The first kappa shape index (κ1) is 17.7. The number of unbranched alkanes of at least 4 members (excludes halogenated alkanes) is 5. The van der Waals surface area contributed by atoms with E-state index in [1.54, 1.807) is 0 Å². The summed E-state index contributed by atoms with van der Waals surface area (Å²) in [5, 5.41) is 21.8. The smallest absolute Gasteiger partial charge is 0.545 e. The van der Waals surface area contributed by atoms with Gasteiger partial charge in [-0.25, -0.2) is 0 Å². The first-order chi connectivity index (χ1) is 9.21. The van der Waals surface area contributed by atoms with Gasteiger partial charge in [-0.2, -0.15) is 0 Å². The molecule has 0 bridgehead atoms. The minimum atomic E-state index is -3.02. The molecule has 0 aliphatic heterocycles. The van der Waals surface area contributed by atoms with E-state index in [0.717, 1.165) is 32.1 Å². The van der Waals surface area contributed by atoms with Crippen molar-refractivity contribution in [1.29, 1.82) is 0 Å². The summed E-state index contributed by atoms with van der Waals surface area (Å²) in [5.41, 5.74) is -1.83.